The molecule has 0 bridgehead atoms. The van der Waals surface area contributed by atoms with Crippen LogP contribution < -0.4 is 16.0 Å². The van der Waals surface area contributed by atoms with Gasteiger partial charge in [-0.15, -0.1) is 0 Å². The molecule has 1 aliphatic rings. The minimum Gasteiger partial charge on any atom is -0.383 e. The SMILES string of the molecule is Cc1ccc(NC(=S)C(C#N)c2c(C#N)c(N)nc(N3CCCCC3)c2C#N)cc1. The molecule has 7 nitrogen and oxygen atoms in total. The molecule has 30 heavy (non-hydrogen) atoms. The number of rotatable bonds is 4. The topological polar surface area (TPSA) is 126 Å². The Bertz CT molecular complexity index is 1080. The first-order valence-electron chi connectivity index (χ1n) is 9.65. The van der Waals surface area contributed by atoms with Gasteiger partial charge >= 0.3 is 0 Å². The second-order valence-electron chi connectivity index (χ2n) is 7.17. The highest BCUT2D eigenvalue weighted by molar-refractivity contribution is 7.80. The summed E-state index contributed by atoms with van der Waals surface area (Å²) >= 11 is 5.50. The second-order valence-corrected chi connectivity index (χ2v) is 7.61. The number of nitrogens with zero attached hydrogens (tertiary/aromatic N) is 5. The van der Waals surface area contributed by atoms with Gasteiger partial charge in [0.25, 0.3) is 0 Å². The average molecular weight is 416 g/mol. The van der Waals surface area contributed by atoms with Gasteiger partial charge in [0.2, 0.25) is 0 Å². The number of thiocarbonyl (C=S) groups is 1. The molecular weight excluding hydrogens is 394 g/mol. The Balaban J connectivity index is 2.09. The van der Waals surface area contributed by atoms with E-state index >= 15 is 0 Å². The molecule has 1 unspecified atom stereocenters. The summed E-state index contributed by atoms with van der Waals surface area (Å²) in [5, 5.41) is 32.6. The maximum atomic E-state index is 9.95. The Morgan fingerprint density at radius 1 is 1.10 bits per heavy atom. The Morgan fingerprint density at radius 3 is 2.30 bits per heavy atom. The number of piperidine rings is 1. The molecule has 1 aromatic carbocycles. The number of pyridine rings is 1. The van der Waals surface area contributed by atoms with Gasteiger partial charge in [0.15, 0.2) is 0 Å². The van der Waals surface area contributed by atoms with Crippen LogP contribution in [-0.2, 0) is 0 Å². The molecule has 0 saturated carbocycles. The summed E-state index contributed by atoms with van der Waals surface area (Å²) in [6.07, 6.45) is 3.08. The third-order valence-electron chi connectivity index (χ3n) is 5.12. The lowest BCUT2D eigenvalue weighted by atomic mass is 9.91. The minimum absolute atomic E-state index is 0.00505. The number of nitrogens with one attached hydrogen (secondary N) is 1. The summed E-state index contributed by atoms with van der Waals surface area (Å²) in [7, 11) is 0. The highest BCUT2D eigenvalue weighted by atomic mass is 32.1. The summed E-state index contributed by atoms with van der Waals surface area (Å²) < 4.78 is 0. The summed E-state index contributed by atoms with van der Waals surface area (Å²) in [6, 6.07) is 13.9. The van der Waals surface area contributed by atoms with E-state index in [1.165, 1.54) is 0 Å². The van der Waals surface area contributed by atoms with Crippen LogP contribution in [0.4, 0.5) is 17.3 Å². The van der Waals surface area contributed by atoms with Gasteiger partial charge in [0.05, 0.1) is 6.07 Å². The third-order valence-corrected chi connectivity index (χ3v) is 5.46. The van der Waals surface area contributed by atoms with Gasteiger partial charge in [0.1, 0.15) is 45.8 Å². The van der Waals surface area contributed by atoms with Crippen molar-refractivity contribution in [2.24, 2.45) is 0 Å². The van der Waals surface area contributed by atoms with E-state index in [0.29, 0.717) is 5.82 Å². The molecule has 1 atom stereocenters. The van der Waals surface area contributed by atoms with Crippen molar-refractivity contribution in [2.45, 2.75) is 32.1 Å². The van der Waals surface area contributed by atoms with E-state index in [9.17, 15) is 15.8 Å². The van der Waals surface area contributed by atoms with E-state index in [-0.39, 0.29) is 27.5 Å². The fraction of sp³-hybridized carbons (Fsp3) is 0.318. The molecule has 8 heteroatoms. The fourth-order valence-electron chi connectivity index (χ4n) is 3.57. The molecule has 1 aromatic heterocycles. The van der Waals surface area contributed by atoms with E-state index in [1.807, 2.05) is 42.2 Å². The van der Waals surface area contributed by atoms with Gasteiger partial charge in [-0.3, -0.25) is 0 Å². The first-order valence-corrected chi connectivity index (χ1v) is 10.1. The zero-order valence-electron chi connectivity index (χ0n) is 16.6. The van der Waals surface area contributed by atoms with Crippen molar-refractivity contribution in [3.05, 3.63) is 46.5 Å². The van der Waals surface area contributed by atoms with E-state index in [0.717, 1.165) is 43.6 Å². The van der Waals surface area contributed by atoms with Crippen molar-refractivity contribution >= 4 is 34.5 Å². The largest absolute Gasteiger partial charge is 0.383 e. The standard InChI is InChI=1S/C22H21N7S/c1-14-5-7-15(8-6-14)27-22(30)18(13-25)19-16(11-23)20(26)28-21(17(19)12-24)29-9-3-2-4-10-29/h5-8,18H,2-4,9-10H2,1H3,(H2,26,28)(H,27,30). The molecule has 1 saturated heterocycles. The Hall–Kier alpha value is -3.67. The van der Waals surface area contributed by atoms with Gasteiger partial charge in [-0.25, -0.2) is 4.98 Å². The highest BCUT2D eigenvalue weighted by Crippen LogP contribution is 2.35. The Labute approximate surface area is 181 Å². The number of aryl methyl sites for hydroxylation is 1. The molecule has 1 fully saturated rings. The monoisotopic (exact) mass is 415 g/mol. The van der Waals surface area contributed by atoms with Crippen molar-refractivity contribution in [3.8, 4) is 18.2 Å². The lowest BCUT2D eigenvalue weighted by Crippen LogP contribution is -2.32. The van der Waals surface area contributed by atoms with Crippen LogP contribution >= 0.6 is 12.2 Å². The number of anilines is 3. The van der Waals surface area contributed by atoms with Gasteiger partial charge < -0.3 is 16.0 Å². The smallest absolute Gasteiger partial charge is 0.149 e. The minimum atomic E-state index is -1.01. The number of nitriles is 3. The van der Waals surface area contributed by atoms with E-state index in [4.69, 9.17) is 18.0 Å². The molecule has 2 aromatic rings. The summed E-state index contributed by atoms with van der Waals surface area (Å²) in [6.45, 7) is 3.46. The van der Waals surface area contributed by atoms with Crippen LogP contribution in [0.1, 0.15) is 47.4 Å². The van der Waals surface area contributed by atoms with Crippen LogP contribution in [0.3, 0.4) is 0 Å². The van der Waals surface area contributed by atoms with Crippen LogP contribution in [0.25, 0.3) is 0 Å². The molecule has 3 rings (SSSR count). The lowest BCUT2D eigenvalue weighted by Gasteiger charge is -2.30. The van der Waals surface area contributed by atoms with E-state index in [1.54, 1.807) is 0 Å². The average Bonchev–Trinajstić information content (AvgIpc) is 2.76. The summed E-state index contributed by atoms with van der Waals surface area (Å²) in [4.78, 5) is 6.55. The Kier molecular flexibility index (Phi) is 6.47. The zero-order chi connectivity index (χ0) is 21.7. The predicted octanol–water partition coefficient (Wildman–Crippen LogP) is 3.75. The van der Waals surface area contributed by atoms with E-state index in [2.05, 4.69) is 22.4 Å². The van der Waals surface area contributed by atoms with Crippen LogP contribution in [-0.4, -0.2) is 23.1 Å². The second kappa shape index (κ2) is 9.22. The van der Waals surface area contributed by atoms with Gasteiger partial charge in [-0.05, 0) is 38.3 Å². The Morgan fingerprint density at radius 2 is 1.73 bits per heavy atom. The maximum Gasteiger partial charge on any atom is 0.149 e. The molecule has 0 spiro atoms. The normalized spacial score (nSPS) is 14.1. The van der Waals surface area contributed by atoms with E-state index < -0.39 is 5.92 Å². The number of nitrogen functional groups attached to an aromatic ring is 1. The van der Waals surface area contributed by atoms with Crippen LogP contribution in [0.5, 0.6) is 0 Å². The van der Waals surface area contributed by atoms with Gasteiger partial charge in [-0.2, -0.15) is 15.8 Å². The number of aromatic nitrogens is 1. The molecule has 0 amide bonds. The van der Waals surface area contributed by atoms with Gasteiger partial charge in [0, 0.05) is 24.3 Å². The van der Waals surface area contributed by atoms with Crippen LogP contribution in [0.15, 0.2) is 24.3 Å². The predicted molar refractivity (Wildman–Crippen MR) is 120 cm³/mol. The van der Waals surface area contributed by atoms with Crippen molar-refractivity contribution in [1.82, 2.24) is 4.98 Å². The quantitative estimate of drug-likeness (QED) is 0.723. The molecule has 0 radical (unpaired) electrons. The van der Waals surface area contributed by atoms with Gasteiger partial charge in [-0.1, -0.05) is 29.9 Å². The number of hydrogen-bond acceptors (Lipinski definition) is 7. The lowest BCUT2D eigenvalue weighted by molar-refractivity contribution is 0.573. The molecule has 2 heterocycles. The third kappa shape index (κ3) is 4.17. The number of hydrogen-bond donors (Lipinski definition) is 2. The summed E-state index contributed by atoms with van der Waals surface area (Å²) in [5.41, 5.74) is 8.32. The molecule has 1 aliphatic heterocycles. The highest BCUT2D eigenvalue weighted by Gasteiger charge is 2.30. The first-order chi connectivity index (χ1) is 14.5. The zero-order valence-corrected chi connectivity index (χ0v) is 17.5. The fourth-order valence-corrected chi connectivity index (χ4v) is 3.85. The summed E-state index contributed by atoms with van der Waals surface area (Å²) in [5.74, 6) is -0.591. The maximum absolute atomic E-state index is 9.95. The van der Waals surface area contributed by atoms with Crippen LogP contribution in [0.2, 0.25) is 0 Å². The van der Waals surface area contributed by atoms with Crippen molar-refractivity contribution < 1.29 is 0 Å². The molecule has 0 aliphatic carbocycles. The molecule has 3 N–H and O–H groups in total. The van der Waals surface area contributed by atoms with Crippen molar-refractivity contribution in [1.29, 1.82) is 15.8 Å². The first kappa shape index (κ1) is 21.0. The number of benzene rings is 1. The van der Waals surface area contributed by atoms with Crippen LogP contribution in [0, 0.1) is 40.9 Å². The molecule has 150 valence electrons. The number of nitrogens with two attached hydrogens (primary N) is 1. The van der Waals surface area contributed by atoms with Crippen molar-refractivity contribution in [3.63, 3.8) is 0 Å². The van der Waals surface area contributed by atoms with Crippen molar-refractivity contribution in [2.75, 3.05) is 29.0 Å². The molecular formula is C22H21N7S.